The SMILES string of the molecule is COc1ccc(Nc2ncc(Br)cc2Cl)cc1. The van der Waals surface area contributed by atoms with Crippen molar-refractivity contribution in [2.75, 3.05) is 12.4 Å². The summed E-state index contributed by atoms with van der Waals surface area (Å²) in [6.07, 6.45) is 1.69. The summed E-state index contributed by atoms with van der Waals surface area (Å²) in [6.45, 7) is 0. The molecule has 88 valence electrons. The number of aromatic nitrogens is 1. The fraction of sp³-hybridized carbons (Fsp3) is 0.0833. The van der Waals surface area contributed by atoms with Crippen LogP contribution in [0.5, 0.6) is 5.75 Å². The fourth-order valence-electron chi connectivity index (χ4n) is 1.32. The van der Waals surface area contributed by atoms with Crippen LogP contribution in [0.2, 0.25) is 5.02 Å². The zero-order chi connectivity index (χ0) is 12.3. The number of hydrogen-bond donors (Lipinski definition) is 1. The van der Waals surface area contributed by atoms with E-state index in [9.17, 15) is 0 Å². The highest BCUT2D eigenvalue weighted by Crippen LogP contribution is 2.26. The van der Waals surface area contributed by atoms with Crippen LogP contribution in [0.4, 0.5) is 11.5 Å². The molecule has 17 heavy (non-hydrogen) atoms. The summed E-state index contributed by atoms with van der Waals surface area (Å²) >= 11 is 9.37. The third-order valence-electron chi connectivity index (χ3n) is 2.16. The second-order valence-electron chi connectivity index (χ2n) is 3.34. The van der Waals surface area contributed by atoms with E-state index in [4.69, 9.17) is 16.3 Å². The maximum absolute atomic E-state index is 6.06. The highest BCUT2D eigenvalue weighted by molar-refractivity contribution is 9.10. The zero-order valence-corrected chi connectivity index (χ0v) is 11.4. The Hall–Kier alpha value is -1.26. The van der Waals surface area contributed by atoms with Crippen LogP contribution in [0.15, 0.2) is 41.0 Å². The van der Waals surface area contributed by atoms with Crippen LogP contribution in [-0.4, -0.2) is 12.1 Å². The van der Waals surface area contributed by atoms with E-state index >= 15 is 0 Å². The predicted octanol–water partition coefficient (Wildman–Crippen LogP) is 4.25. The number of nitrogens with one attached hydrogen (secondary N) is 1. The molecule has 1 aromatic heterocycles. The minimum atomic E-state index is 0.565. The van der Waals surface area contributed by atoms with E-state index in [1.54, 1.807) is 19.4 Å². The molecular formula is C12H10BrClN2O. The summed E-state index contributed by atoms with van der Waals surface area (Å²) in [5, 5.41) is 3.70. The van der Waals surface area contributed by atoms with Gasteiger partial charge in [0.25, 0.3) is 0 Å². The molecule has 0 aliphatic rings. The molecular weight excluding hydrogens is 304 g/mol. The lowest BCUT2D eigenvalue weighted by Crippen LogP contribution is -1.94. The van der Waals surface area contributed by atoms with Gasteiger partial charge in [-0.1, -0.05) is 11.6 Å². The van der Waals surface area contributed by atoms with Crippen molar-refractivity contribution in [3.8, 4) is 5.75 Å². The molecule has 0 bridgehead atoms. The summed E-state index contributed by atoms with van der Waals surface area (Å²) in [4.78, 5) is 4.19. The van der Waals surface area contributed by atoms with Gasteiger partial charge in [0.1, 0.15) is 11.6 Å². The third kappa shape index (κ3) is 3.11. The number of nitrogens with zero attached hydrogens (tertiary/aromatic N) is 1. The first-order chi connectivity index (χ1) is 8.19. The molecule has 3 nitrogen and oxygen atoms in total. The van der Waals surface area contributed by atoms with E-state index in [0.29, 0.717) is 10.8 Å². The molecule has 0 fully saturated rings. The van der Waals surface area contributed by atoms with Crippen molar-refractivity contribution in [1.29, 1.82) is 0 Å². The van der Waals surface area contributed by atoms with Gasteiger partial charge in [-0.3, -0.25) is 0 Å². The smallest absolute Gasteiger partial charge is 0.149 e. The van der Waals surface area contributed by atoms with Gasteiger partial charge in [-0.15, -0.1) is 0 Å². The number of ether oxygens (including phenoxy) is 1. The minimum absolute atomic E-state index is 0.565. The maximum Gasteiger partial charge on any atom is 0.149 e. The molecule has 0 aliphatic carbocycles. The van der Waals surface area contributed by atoms with Crippen LogP contribution in [0.3, 0.4) is 0 Å². The van der Waals surface area contributed by atoms with Gasteiger partial charge in [0, 0.05) is 16.4 Å². The lowest BCUT2D eigenvalue weighted by atomic mass is 10.3. The van der Waals surface area contributed by atoms with Crippen LogP contribution < -0.4 is 10.1 Å². The topological polar surface area (TPSA) is 34.1 Å². The van der Waals surface area contributed by atoms with Gasteiger partial charge >= 0.3 is 0 Å². The van der Waals surface area contributed by atoms with Crippen LogP contribution in [0.1, 0.15) is 0 Å². The van der Waals surface area contributed by atoms with Gasteiger partial charge in [-0.2, -0.15) is 0 Å². The summed E-state index contributed by atoms with van der Waals surface area (Å²) in [5.41, 5.74) is 0.905. The minimum Gasteiger partial charge on any atom is -0.497 e. The molecule has 0 radical (unpaired) electrons. The number of methoxy groups -OCH3 is 1. The van der Waals surface area contributed by atoms with Crippen LogP contribution in [0, 0.1) is 0 Å². The van der Waals surface area contributed by atoms with Crippen molar-refractivity contribution in [3.05, 3.63) is 46.0 Å². The lowest BCUT2D eigenvalue weighted by Gasteiger charge is -2.08. The molecule has 0 aliphatic heterocycles. The Morgan fingerprint density at radius 3 is 2.59 bits per heavy atom. The molecule has 2 aromatic rings. The van der Waals surface area contributed by atoms with E-state index < -0.39 is 0 Å². The van der Waals surface area contributed by atoms with Gasteiger partial charge in [0.2, 0.25) is 0 Å². The quantitative estimate of drug-likeness (QED) is 0.920. The van der Waals surface area contributed by atoms with Crippen molar-refractivity contribution in [2.45, 2.75) is 0 Å². The Balaban J connectivity index is 2.19. The van der Waals surface area contributed by atoms with Crippen molar-refractivity contribution in [3.63, 3.8) is 0 Å². The van der Waals surface area contributed by atoms with Crippen molar-refractivity contribution in [1.82, 2.24) is 4.98 Å². The Bertz CT molecular complexity index is 516. The average Bonchev–Trinajstić information content (AvgIpc) is 2.34. The van der Waals surface area contributed by atoms with Crippen molar-refractivity contribution >= 4 is 39.0 Å². The molecule has 0 unspecified atom stereocenters. The first-order valence-electron chi connectivity index (χ1n) is 4.91. The summed E-state index contributed by atoms with van der Waals surface area (Å²) in [5.74, 6) is 1.44. The summed E-state index contributed by atoms with van der Waals surface area (Å²) in [6, 6.07) is 9.34. The second kappa shape index (κ2) is 5.38. The molecule has 2 rings (SSSR count). The highest BCUT2D eigenvalue weighted by atomic mass is 79.9. The van der Waals surface area contributed by atoms with Crippen LogP contribution in [0.25, 0.3) is 0 Å². The number of halogens is 2. The fourth-order valence-corrected chi connectivity index (χ4v) is 1.99. The predicted molar refractivity (Wildman–Crippen MR) is 73.2 cm³/mol. The first-order valence-corrected chi connectivity index (χ1v) is 6.08. The number of hydrogen-bond acceptors (Lipinski definition) is 3. The molecule has 0 spiro atoms. The Kier molecular flexibility index (Phi) is 3.86. The third-order valence-corrected chi connectivity index (χ3v) is 2.88. The zero-order valence-electron chi connectivity index (χ0n) is 9.08. The van der Waals surface area contributed by atoms with Gasteiger partial charge in [0.05, 0.1) is 12.1 Å². The van der Waals surface area contributed by atoms with Crippen LogP contribution in [-0.2, 0) is 0 Å². The Labute approximate surface area is 113 Å². The molecule has 0 amide bonds. The molecule has 0 saturated heterocycles. The van der Waals surface area contributed by atoms with Gasteiger partial charge in [-0.05, 0) is 46.3 Å². The van der Waals surface area contributed by atoms with E-state index in [2.05, 4.69) is 26.2 Å². The largest absolute Gasteiger partial charge is 0.497 e. The monoisotopic (exact) mass is 312 g/mol. The molecule has 1 heterocycles. The van der Waals surface area contributed by atoms with Gasteiger partial charge in [0.15, 0.2) is 0 Å². The highest BCUT2D eigenvalue weighted by Gasteiger charge is 2.03. The Morgan fingerprint density at radius 1 is 1.29 bits per heavy atom. The van der Waals surface area contributed by atoms with Crippen LogP contribution >= 0.6 is 27.5 Å². The summed E-state index contributed by atoms with van der Waals surface area (Å²) < 4.78 is 5.93. The van der Waals surface area contributed by atoms with E-state index in [0.717, 1.165) is 15.9 Å². The first kappa shape index (κ1) is 12.2. The maximum atomic E-state index is 6.06. The van der Waals surface area contributed by atoms with Crippen molar-refractivity contribution in [2.24, 2.45) is 0 Å². The van der Waals surface area contributed by atoms with Gasteiger partial charge < -0.3 is 10.1 Å². The van der Waals surface area contributed by atoms with Crippen molar-refractivity contribution < 1.29 is 4.74 Å². The summed E-state index contributed by atoms with van der Waals surface area (Å²) in [7, 11) is 1.63. The second-order valence-corrected chi connectivity index (χ2v) is 4.66. The number of rotatable bonds is 3. The lowest BCUT2D eigenvalue weighted by molar-refractivity contribution is 0.415. The molecule has 1 N–H and O–H groups in total. The van der Waals surface area contributed by atoms with Gasteiger partial charge in [-0.25, -0.2) is 4.98 Å². The van der Waals surface area contributed by atoms with E-state index in [1.807, 2.05) is 24.3 Å². The molecule has 1 aromatic carbocycles. The average molecular weight is 314 g/mol. The molecule has 5 heteroatoms. The number of pyridine rings is 1. The standard InChI is InChI=1S/C12H10BrClN2O/c1-17-10-4-2-9(3-5-10)16-12-11(14)6-8(13)7-15-12/h2-7H,1H3,(H,15,16). The number of anilines is 2. The Morgan fingerprint density at radius 2 is 2.00 bits per heavy atom. The molecule has 0 saturated carbocycles. The van der Waals surface area contributed by atoms with E-state index in [-0.39, 0.29) is 0 Å². The number of benzene rings is 1. The molecule has 0 atom stereocenters. The van der Waals surface area contributed by atoms with E-state index in [1.165, 1.54) is 0 Å². The normalized spacial score (nSPS) is 10.1.